The van der Waals surface area contributed by atoms with E-state index < -0.39 is 5.82 Å². The molecule has 96 valence electrons. The standard InChI is InChI=1S/C15H16ClFO/c16-15-12(8-5-9-13(15)17)10-14(18)11-6-3-1-2-4-7-11/h5-6,8-9H,1-4,7,10H2. The number of carbonyl (C=O) groups is 1. The second-order valence-electron chi connectivity index (χ2n) is 4.64. The topological polar surface area (TPSA) is 17.1 Å². The summed E-state index contributed by atoms with van der Waals surface area (Å²) in [5.74, 6) is -0.388. The van der Waals surface area contributed by atoms with Crippen LogP contribution in [0.1, 0.15) is 37.7 Å². The molecule has 1 aromatic carbocycles. The van der Waals surface area contributed by atoms with Gasteiger partial charge in [-0.3, -0.25) is 4.79 Å². The molecule has 0 saturated heterocycles. The average molecular weight is 267 g/mol. The maximum atomic E-state index is 13.3. The SMILES string of the molecule is O=C(Cc1cccc(F)c1Cl)C1=CCCCCC1. The number of carbonyl (C=O) groups excluding carboxylic acids is 1. The third kappa shape index (κ3) is 3.20. The molecule has 0 radical (unpaired) electrons. The largest absolute Gasteiger partial charge is 0.294 e. The Morgan fingerprint density at radius 3 is 2.94 bits per heavy atom. The highest BCUT2D eigenvalue weighted by molar-refractivity contribution is 6.31. The van der Waals surface area contributed by atoms with Crippen molar-refractivity contribution in [3.63, 3.8) is 0 Å². The minimum absolute atomic E-state index is 0.0695. The summed E-state index contributed by atoms with van der Waals surface area (Å²) in [6.45, 7) is 0. The Morgan fingerprint density at radius 2 is 2.11 bits per heavy atom. The fourth-order valence-electron chi connectivity index (χ4n) is 2.24. The normalized spacial score (nSPS) is 16.0. The van der Waals surface area contributed by atoms with Crippen molar-refractivity contribution in [1.82, 2.24) is 0 Å². The highest BCUT2D eigenvalue weighted by Crippen LogP contribution is 2.23. The van der Waals surface area contributed by atoms with Gasteiger partial charge in [-0.15, -0.1) is 0 Å². The summed E-state index contributed by atoms with van der Waals surface area (Å²) >= 11 is 5.86. The van der Waals surface area contributed by atoms with E-state index in [9.17, 15) is 9.18 Å². The van der Waals surface area contributed by atoms with Crippen LogP contribution in [0.3, 0.4) is 0 Å². The van der Waals surface area contributed by atoms with Crippen LogP contribution in [0.15, 0.2) is 29.8 Å². The van der Waals surface area contributed by atoms with Crippen molar-refractivity contribution in [2.24, 2.45) is 0 Å². The molecule has 0 heterocycles. The van der Waals surface area contributed by atoms with Crippen LogP contribution in [-0.2, 0) is 11.2 Å². The molecular weight excluding hydrogens is 251 g/mol. The van der Waals surface area contributed by atoms with Crippen LogP contribution in [0.25, 0.3) is 0 Å². The highest BCUT2D eigenvalue weighted by Gasteiger charge is 2.15. The van der Waals surface area contributed by atoms with Gasteiger partial charge < -0.3 is 0 Å². The van der Waals surface area contributed by atoms with Crippen molar-refractivity contribution in [3.05, 3.63) is 46.3 Å². The van der Waals surface area contributed by atoms with E-state index in [1.165, 1.54) is 12.5 Å². The zero-order chi connectivity index (χ0) is 13.0. The number of benzene rings is 1. The average Bonchev–Trinajstić information content (AvgIpc) is 2.63. The van der Waals surface area contributed by atoms with Gasteiger partial charge in [0.25, 0.3) is 0 Å². The lowest BCUT2D eigenvalue weighted by molar-refractivity contribution is -0.115. The minimum atomic E-state index is -0.461. The molecule has 1 nitrogen and oxygen atoms in total. The van der Waals surface area contributed by atoms with Gasteiger partial charge in [0.2, 0.25) is 0 Å². The Hall–Kier alpha value is -1.15. The van der Waals surface area contributed by atoms with Crippen LogP contribution < -0.4 is 0 Å². The van der Waals surface area contributed by atoms with Crippen molar-refractivity contribution in [3.8, 4) is 0 Å². The molecule has 2 rings (SSSR count). The number of ketones is 1. The molecule has 0 aromatic heterocycles. The second kappa shape index (κ2) is 6.14. The molecule has 0 atom stereocenters. The third-order valence-electron chi connectivity index (χ3n) is 3.28. The van der Waals surface area contributed by atoms with E-state index in [0.29, 0.717) is 5.56 Å². The van der Waals surface area contributed by atoms with E-state index >= 15 is 0 Å². The maximum Gasteiger partial charge on any atom is 0.162 e. The predicted molar refractivity (Wildman–Crippen MR) is 71.3 cm³/mol. The van der Waals surface area contributed by atoms with E-state index in [1.54, 1.807) is 12.1 Å². The molecule has 1 aliphatic carbocycles. The van der Waals surface area contributed by atoms with Crippen molar-refractivity contribution in [2.45, 2.75) is 38.5 Å². The fourth-order valence-corrected chi connectivity index (χ4v) is 2.43. The lowest BCUT2D eigenvalue weighted by Crippen LogP contribution is -2.07. The quantitative estimate of drug-likeness (QED) is 0.788. The molecule has 3 heteroatoms. The van der Waals surface area contributed by atoms with Crippen molar-refractivity contribution < 1.29 is 9.18 Å². The van der Waals surface area contributed by atoms with Crippen molar-refractivity contribution in [1.29, 1.82) is 0 Å². The Labute approximate surface area is 112 Å². The van der Waals surface area contributed by atoms with Crippen LogP contribution in [0.2, 0.25) is 5.02 Å². The van der Waals surface area contributed by atoms with Gasteiger partial charge in [-0.05, 0) is 42.9 Å². The van der Waals surface area contributed by atoms with E-state index in [4.69, 9.17) is 11.6 Å². The van der Waals surface area contributed by atoms with Crippen LogP contribution >= 0.6 is 11.6 Å². The lowest BCUT2D eigenvalue weighted by Gasteiger charge is -2.07. The molecule has 0 amide bonds. The van der Waals surface area contributed by atoms with Crippen molar-refractivity contribution in [2.75, 3.05) is 0 Å². The first-order chi connectivity index (χ1) is 8.68. The zero-order valence-electron chi connectivity index (χ0n) is 10.2. The van der Waals surface area contributed by atoms with E-state index in [1.807, 2.05) is 6.08 Å². The molecule has 1 aliphatic rings. The van der Waals surface area contributed by atoms with Gasteiger partial charge in [0.05, 0.1) is 5.02 Å². The van der Waals surface area contributed by atoms with E-state index in [0.717, 1.165) is 31.3 Å². The Bertz CT molecular complexity index is 479. The summed E-state index contributed by atoms with van der Waals surface area (Å²) in [6, 6.07) is 4.60. The molecule has 0 saturated carbocycles. The number of allylic oxidation sites excluding steroid dienone is 2. The zero-order valence-corrected chi connectivity index (χ0v) is 11.0. The Morgan fingerprint density at radius 1 is 1.28 bits per heavy atom. The monoisotopic (exact) mass is 266 g/mol. The second-order valence-corrected chi connectivity index (χ2v) is 5.02. The number of hydrogen-bond acceptors (Lipinski definition) is 1. The first-order valence-corrected chi connectivity index (χ1v) is 6.71. The van der Waals surface area contributed by atoms with Gasteiger partial charge in [0.15, 0.2) is 5.78 Å². The maximum absolute atomic E-state index is 13.3. The predicted octanol–water partition coefficient (Wildman–Crippen LogP) is 4.48. The molecule has 0 N–H and O–H groups in total. The van der Waals surface area contributed by atoms with Gasteiger partial charge in [0, 0.05) is 6.42 Å². The summed E-state index contributed by atoms with van der Waals surface area (Å²) in [4.78, 5) is 12.1. The van der Waals surface area contributed by atoms with Gasteiger partial charge in [-0.1, -0.05) is 36.2 Å². The Balaban J connectivity index is 2.11. The number of Topliss-reactive ketones (excluding diaryl/α,β-unsaturated/α-hetero) is 1. The minimum Gasteiger partial charge on any atom is -0.294 e. The van der Waals surface area contributed by atoms with Gasteiger partial charge in [0.1, 0.15) is 5.82 Å². The number of hydrogen-bond donors (Lipinski definition) is 0. The van der Waals surface area contributed by atoms with Gasteiger partial charge in [-0.25, -0.2) is 4.39 Å². The molecule has 1 aromatic rings. The van der Waals surface area contributed by atoms with Gasteiger partial charge >= 0.3 is 0 Å². The molecule has 0 aliphatic heterocycles. The summed E-state index contributed by atoms with van der Waals surface area (Å²) in [7, 11) is 0. The molecule has 18 heavy (non-hydrogen) atoms. The first kappa shape index (κ1) is 13.3. The Kier molecular flexibility index (Phi) is 4.54. The number of rotatable bonds is 3. The summed E-state index contributed by atoms with van der Waals surface area (Å²) in [5.41, 5.74) is 1.46. The van der Waals surface area contributed by atoms with E-state index in [-0.39, 0.29) is 17.2 Å². The fraction of sp³-hybridized carbons (Fsp3) is 0.400. The van der Waals surface area contributed by atoms with E-state index in [2.05, 4.69) is 0 Å². The summed E-state index contributed by atoms with van der Waals surface area (Å²) < 4.78 is 13.3. The van der Waals surface area contributed by atoms with Crippen LogP contribution in [0, 0.1) is 5.82 Å². The highest BCUT2D eigenvalue weighted by atomic mass is 35.5. The third-order valence-corrected chi connectivity index (χ3v) is 3.70. The molecule has 0 spiro atoms. The van der Waals surface area contributed by atoms with Gasteiger partial charge in [-0.2, -0.15) is 0 Å². The van der Waals surface area contributed by atoms with Crippen LogP contribution in [0.4, 0.5) is 4.39 Å². The summed E-state index contributed by atoms with van der Waals surface area (Å²) in [5, 5.41) is 0.0695. The molecular formula is C15H16ClFO. The smallest absolute Gasteiger partial charge is 0.162 e. The molecule has 0 fully saturated rings. The van der Waals surface area contributed by atoms with Crippen LogP contribution in [0.5, 0.6) is 0 Å². The first-order valence-electron chi connectivity index (χ1n) is 6.33. The lowest BCUT2D eigenvalue weighted by atomic mass is 9.99. The molecule has 0 unspecified atom stereocenters. The summed E-state index contributed by atoms with van der Waals surface area (Å²) in [6.07, 6.45) is 7.43. The van der Waals surface area contributed by atoms with Crippen LogP contribution in [-0.4, -0.2) is 5.78 Å². The van der Waals surface area contributed by atoms with Crippen molar-refractivity contribution >= 4 is 17.4 Å². The molecule has 0 bridgehead atoms. The number of halogens is 2.